The summed E-state index contributed by atoms with van der Waals surface area (Å²) in [6.45, 7) is 0.647. The Bertz CT molecular complexity index is 375. The van der Waals surface area contributed by atoms with Crippen LogP contribution < -0.4 is 0 Å². The molecule has 0 unspecified atom stereocenters. The van der Waals surface area contributed by atoms with Gasteiger partial charge in [-0.3, -0.25) is 0 Å². The Kier molecular flexibility index (Phi) is 3.82. The van der Waals surface area contributed by atoms with E-state index in [9.17, 15) is 0 Å². The minimum Gasteiger partial charge on any atom is -0.366 e. The molecule has 3 nitrogen and oxygen atoms in total. The molecule has 0 amide bonds. The lowest BCUT2D eigenvalue weighted by atomic mass is 10.2. The second kappa shape index (κ2) is 5.58. The first-order valence-electron chi connectivity index (χ1n) is 4.69. The molecule has 78 valence electrons. The van der Waals surface area contributed by atoms with E-state index in [-0.39, 0.29) is 0 Å². The second-order valence-corrected chi connectivity index (χ2v) is 3.90. The Morgan fingerprint density at radius 3 is 2.87 bits per heavy atom. The van der Waals surface area contributed by atoms with Crippen LogP contribution in [0.3, 0.4) is 0 Å². The van der Waals surface area contributed by atoms with Crippen molar-refractivity contribution in [2.24, 2.45) is 0 Å². The molecule has 0 saturated carbocycles. The van der Waals surface area contributed by atoms with Crippen molar-refractivity contribution in [1.29, 1.82) is 0 Å². The van der Waals surface area contributed by atoms with Gasteiger partial charge in [0, 0.05) is 12.4 Å². The van der Waals surface area contributed by atoms with Crippen molar-refractivity contribution in [2.45, 2.75) is 11.8 Å². The summed E-state index contributed by atoms with van der Waals surface area (Å²) in [5, 5.41) is 0.892. The quantitative estimate of drug-likeness (QED) is 0.478. The van der Waals surface area contributed by atoms with Gasteiger partial charge in [-0.15, -0.1) is 0 Å². The van der Waals surface area contributed by atoms with E-state index in [1.807, 2.05) is 18.2 Å². The van der Waals surface area contributed by atoms with E-state index < -0.39 is 0 Å². The Hall–Kier alpha value is -1.26. The van der Waals surface area contributed by atoms with E-state index in [1.54, 1.807) is 24.2 Å². The number of ether oxygens (including phenoxy) is 1. The smallest absolute Gasteiger partial charge is 0.167 e. The molecule has 2 aromatic rings. The molecule has 4 heteroatoms. The van der Waals surface area contributed by atoms with Gasteiger partial charge in [0.15, 0.2) is 5.16 Å². The van der Waals surface area contributed by atoms with Gasteiger partial charge in [-0.1, -0.05) is 42.1 Å². The largest absolute Gasteiger partial charge is 0.366 e. The standard InChI is InChI=1S/C11H12N2OS/c1-2-4-10(5-3-1)8-14-9-15-11-12-6-7-13-11/h1-7H,8-9H2,(H,12,13). The highest BCUT2D eigenvalue weighted by Gasteiger charge is 1.95. The van der Waals surface area contributed by atoms with Gasteiger partial charge in [0.1, 0.15) is 5.94 Å². The van der Waals surface area contributed by atoms with Gasteiger partial charge in [-0.25, -0.2) is 4.98 Å². The van der Waals surface area contributed by atoms with E-state index in [0.717, 1.165) is 5.16 Å². The first kappa shape index (κ1) is 10.3. The predicted octanol–water partition coefficient (Wildman–Crippen LogP) is 2.68. The zero-order valence-electron chi connectivity index (χ0n) is 8.22. The van der Waals surface area contributed by atoms with Gasteiger partial charge in [0.25, 0.3) is 0 Å². The van der Waals surface area contributed by atoms with Gasteiger partial charge in [0.2, 0.25) is 0 Å². The number of rotatable bonds is 5. The molecule has 1 N–H and O–H groups in total. The number of nitrogens with one attached hydrogen (secondary N) is 1. The maximum Gasteiger partial charge on any atom is 0.167 e. The van der Waals surface area contributed by atoms with E-state index in [0.29, 0.717) is 12.5 Å². The average molecular weight is 220 g/mol. The van der Waals surface area contributed by atoms with Crippen LogP contribution in [0.5, 0.6) is 0 Å². The van der Waals surface area contributed by atoms with Gasteiger partial charge in [-0.2, -0.15) is 0 Å². The van der Waals surface area contributed by atoms with Crippen LogP contribution in [0.15, 0.2) is 47.9 Å². The number of imidazole rings is 1. The third kappa shape index (κ3) is 3.42. The minimum absolute atomic E-state index is 0.613. The lowest BCUT2D eigenvalue weighted by molar-refractivity contribution is 0.169. The number of nitrogens with zero attached hydrogens (tertiary/aromatic N) is 1. The summed E-state index contributed by atoms with van der Waals surface area (Å²) < 4.78 is 5.50. The third-order valence-corrected chi connectivity index (χ3v) is 2.64. The lowest BCUT2D eigenvalue weighted by Gasteiger charge is -2.02. The summed E-state index contributed by atoms with van der Waals surface area (Å²) in [6.07, 6.45) is 3.54. The summed E-state index contributed by atoms with van der Waals surface area (Å²) in [6, 6.07) is 10.1. The summed E-state index contributed by atoms with van der Waals surface area (Å²) in [5.41, 5.74) is 1.19. The molecule has 1 heterocycles. The van der Waals surface area contributed by atoms with E-state index in [4.69, 9.17) is 4.74 Å². The Morgan fingerprint density at radius 1 is 1.27 bits per heavy atom. The fraction of sp³-hybridized carbons (Fsp3) is 0.182. The number of thioether (sulfide) groups is 1. The molecule has 1 aromatic carbocycles. The molecule has 0 bridgehead atoms. The Labute approximate surface area is 92.9 Å². The summed E-state index contributed by atoms with van der Waals surface area (Å²) in [5.74, 6) is 0.613. The van der Waals surface area contributed by atoms with E-state index in [1.165, 1.54) is 5.56 Å². The van der Waals surface area contributed by atoms with Crippen LogP contribution in [-0.2, 0) is 11.3 Å². The average Bonchev–Trinajstić information content (AvgIpc) is 2.79. The van der Waals surface area contributed by atoms with Crippen molar-refractivity contribution in [3.8, 4) is 0 Å². The fourth-order valence-corrected chi connectivity index (χ4v) is 1.73. The maximum absolute atomic E-state index is 5.50. The first-order valence-corrected chi connectivity index (χ1v) is 5.67. The number of hydrogen-bond acceptors (Lipinski definition) is 3. The van der Waals surface area contributed by atoms with Crippen LogP contribution in [0.4, 0.5) is 0 Å². The predicted molar refractivity (Wildman–Crippen MR) is 60.5 cm³/mol. The molecule has 2 rings (SSSR count). The minimum atomic E-state index is 0.613. The third-order valence-electron chi connectivity index (χ3n) is 1.86. The molecule has 1 aromatic heterocycles. The molecule has 0 atom stereocenters. The molecule has 0 fully saturated rings. The van der Waals surface area contributed by atoms with Crippen LogP contribution >= 0.6 is 11.8 Å². The lowest BCUT2D eigenvalue weighted by Crippen LogP contribution is -1.92. The number of benzene rings is 1. The number of aromatic nitrogens is 2. The number of hydrogen-bond donors (Lipinski definition) is 1. The molecule has 15 heavy (non-hydrogen) atoms. The molecule has 0 radical (unpaired) electrons. The maximum atomic E-state index is 5.50. The van der Waals surface area contributed by atoms with Crippen molar-refractivity contribution in [3.63, 3.8) is 0 Å². The zero-order valence-corrected chi connectivity index (χ0v) is 9.04. The highest BCUT2D eigenvalue weighted by molar-refractivity contribution is 7.99. The number of aromatic amines is 1. The molecule has 0 aliphatic carbocycles. The molecule has 0 aliphatic heterocycles. The highest BCUT2D eigenvalue weighted by Crippen LogP contribution is 2.12. The molecular weight excluding hydrogens is 208 g/mol. The normalized spacial score (nSPS) is 10.4. The monoisotopic (exact) mass is 220 g/mol. The van der Waals surface area contributed by atoms with Crippen LogP contribution in [0, 0.1) is 0 Å². The Balaban J connectivity index is 1.68. The van der Waals surface area contributed by atoms with Gasteiger partial charge >= 0.3 is 0 Å². The van der Waals surface area contributed by atoms with Crippen molar-refractivity contribution in [1.82, 2.24) is 9.97 Å². The first-order chi connectivity index (χ1) is 7.45. The molecular formula is C11H12N2OS. The Morgan fingerprint density at radius 2 is 2.13 bits per heavy atom. The zero-order chi connectivity index (χ0) is 10.3. The highest BCUT2D eigenvalue weighted by atomic mass is 32.2. The van der Waals surface area contributed by atoms with Crippen molar-refractivity contribution in [2.75, 3.05) is 5.94 Å². The van der Waals surface area contributed by atoms with Crippen LogP contribution in [0.2, 0.25) is 0 Å². The topological polar surface area (TPSA) is 37.9 Å². The van der Waals surface area contributed by atoms with E-state index >= 15 is 0 Å². The van der Waals surface area contributed by atoms with Crippen molar-refractivity contribution >= 4 is 11.8 Å². The van der Waals surface area contributed by atoms with Crippen LogP contribution in [0.1, 0.15) is 5.56 Å². The van der Waals surface area contributed by atoms with Crippen LogP contribution in [0.25, 0.3) is 0 Å². The van der Waals surface area contributed by atoms with Crippen LogP contribution in [-0.4, -0.2) is 15.9 Å². The van der Waals surface area contributed by atoms with Gasteiger partial charge in [0.05, 0.1) is 6.61 Å². The molecule has 0 aliphatic rings. The van der Waals surface area contributed by atoms with E-state index in [2.05, 4.69) is 22.1 Å². The summed E-state index contributed by atoms with van der Waals surface area (Å²) in [4.78, 5) is 7.10. The van der Waals surface area contributed by atoms with Gasteiger partial charge < -0.3 is 9.72 Å². The SMILES string of the molecule is c1ccc(COCSc2ncc[nH]2)cc1. The molecule has 0 saturated heterocycles. The fourth-order valence-electron chi connectivity index (χ4n) is 1.16. The van der Waals surface area contributed by atoms with Gasteiger partial charge in [-0.05, 0) is 5.56 Å². The molecule has 0 spiro atoms. The summed E-state index contributed by atoms with van der Waals surface area (Å²) in [7, 11) is 0. The van der Waals surface area contributed by atoms with Crippen molar-refractivity contribution in [3.05, 3.63) is 48.3 Å². The summed E-state index contributed by atoms with van der Waals surface area (Å²) >= 11 is 1.56. The van der Waals surface area contributed by atoms with Crippen molar-refractivity contribution < 1.29 is 4.74 Å². The second-order valence-electron chi connectivity index (χ2n) is 2.99. The number of H-pyrrole nitrogens is 1.